The molecule has 2 fully saturated rings. The lowest BCUT2D eigenvalue weighted by atomic mass is 9.78. The Bertz CT molecular complexity index is 212. The predicted molar refractivity (Wildman–Crippen MR) is 57.2 cm³/mol. The average Bonchev–Trinajstić information content (AvgIpc) is 2.19. The van der Waals surface area contributed by atoms with E-state index in [4.69, 9.17) is 0 Å². The summed E-state index contributed by atoms with van der Waals surface area (Å²) in [6.07, 6.45) is 6.76. The molecule has 0 amide bonds. The second kappa shape index (κ2) is 4.43. The maximum Gasteiger partial charge on any atom is 0.134 e. The topological polar surface area (TPSA) is 20.3 Å². The summed E-state index contributed by atoms with van der Waals surface area (Å²) < 4.78 is 0. The minimum Gasteiger partial charge on any atom is -0.300 e. The summed E-state index contributed by atoms with van der Waals surface area (Å²) in [6.45, 7) is 4.64. The van der Waals surface area contributed by atoms with E-state index in [1.807, 2.05) is 0 Å². The molecule has 0 unspecified atom stereocenters. The number of carbonyl (C=O) groups excluding carboxylic acids is 1. The first-order valence-electron chi connectivity index (χ1n) is 6.07. The number of likely N-dealkylation sites (tertiary alicyclic amines) is 1. The molecule has 2 heteroatoms. The number of ketones is 1. The van der Waals surface area contributed by atoms with Gasteiger partial charge in [-0.2, -0.15) is 0 Å². The molecular weight excluding hydrogens is 174 g/mol. The molecule has 0 spiro atoms. The molecule has 1 heterocycles. The predicted octanol–water partition coefficient (Wildman–Crippen LogP) is 2.23. The van der Waals surface area contributed by atoms with Crippen LogP contribution in [0.5, 0.6) is 0 Å². The van der Waals surface area contributed by atoms with Gasteiger partial charge in [-0.1, -0.05) is 6.92 Å². The molecule has 0 radical (unpaired) electrons. The smallest absolute Gasteiger partial charge is 0.134 e. The highest BCUT2D eigenvalue weighted by molar-refractivity contribution is 5.79. The fourth-order valence-electron chi connectivity index (χ4n) is 3.09. The van der Waals surface area contributed by atoms with Crippen molar-refractivity contribution in [1.29, 1.82) is 0 Å². The first kappa shape index (κ1) is 10.2. The Morgan fingerprint density at radius 2 is 2.29 bits per heavy atom. The highest BCUT2D eigenvalue weighted by Crippen LogP contribution is 2.33. The molecule has 0 bridgehead atoms. The maximum atomic E-state index is 11.4. The summed E-state index contributed by atoms with van der Waals surface area (Å²) in [5, 5.41) is 0. The molecule has 0 aromatic carbocycles. The van der Waals surface area contributed by atoms with Crippen LogP contribution in [0.25, 0.3) is 0 Å². The number of hydrogen-bond acceptors (Lipinski definition) is 2. The van der Waals surface area contributed by atoms with Gasteiger partial charge in [-0.15, -0.1) is 0 Å². The monoisotopic (exact) mass is 195 g/mol. The van der Waals surface area contributed by atoms with Gasteiger partial charge in [0, 0.05) is 18.9 Å². The largest absolute Gasteiger partial charge is 0.300 e. The summed E-state index contributed by atoms with van der Waals surface area (Å²) in [7, 11) is 0. The van der Waals surface area contributed by atoms with Gasteiger partial charge in [-0.3, -0.25) is 9.69 Å². The van der Waals surface area contributed by atoms with Gasteiger partial charge in [0.25, 0.3) is 0 Å². The summed E-state index contributed by atoms with van der Waals surface area (Å²) >= 11 is 0. The molecule has 2 atom stereocenters. The van der Waals surface area contributed by atoms with Crippen molar-refractivity contribution in [1.82, 2.24) is 4.90 Å². The fourth-order valence-corrected chi connectivity index (χ4v) is 3.09. The van der Waals surface area contributed by atoms with Crippen molar-refractivity contribution in [2.45, 2.75) is 51.5 Å². The zero-order valence-electron chi connectivity index (χ0n) is 9.17. The summed E-state index contributed by atoms with van der Waals surface area (Å²) in [5.41, 5.74) is 0. The third kappa shape index (κ3) is 2.00. The van der Waals surface area contributed by atoms with Crippen LogP contribution in [0.1, 0.15) is 45.4 Å². The highest BCUT2D eigenvalue weighted by Gasteiger charge is 2.35. The van der Waals surface area contributed by atoms with E-state index in [1.165, 1.54) is 32.4 Å². The van der Waals surface area contributed by atoms with Crippen molar-refractivity contribution in [3.63, 3.8) is 0 Å². The van der Waals surface area contributed by atoms with E-state index in [0.29, 0.717) is 11.8 Å². The van der Waals surface area contributed by atoms with Crippen LogP contribution < -0.4 is 0 Å². The molecule has 80 valence electrons. The van der Waals surface area contributed by atoms with Gasteiger partial charge in [-0.05, 0) is 44.7 Å². The second-order valence-corrected chi connectivity index (χ2v) is 4.79. The molecule has 14 heavy (non-hydrogen) atoms. The lowest BCUT2D eigenvalue weighted by molar-refractivity contribution is -0.124. The zero-order valence-corrected chi connectivity index (χ0v) is 9.17. The Morgan fingerprint density at radius 3 is 3.07 bits per heavy atom. The fraction of sp³-hybridized carbons (Fsp3) is 0.917. The molecule has 2 nitrogen and oxygen atoms in total. The van der Waals surface area contributed by atoms with E-state index in [-0.39, 0.29) is 0 Å². The first-order valence-corrected chi connectivity index (χ1v) is 6.07. The Labute approximate surface area is 86.7 Å². The molecule has 1 aliphatic heterocycles. The Hall–Kier alpha value is -0.370. The number of hydrogen-bond donors (Lipinski definition) is 0. The van der Waals surface area contributed by atoms with Crippen LogP contribution >= 0.6 is 0 Å². The van der Waals surface area contributed by atoms with Crippen LogP contribution in [0.2, 0.25) is 0 Å². The van der Waals surface area contributed by atoms with Gasteiger partial charge in [0.2, 0.25) is 0 Å². The summed E-state index contributed by atoms with van der Waals surface area (Å²) in [4.78, 5) is 14.0. The molecule has 0 aromatic heterocycles. The number of Topliss-reactive ketones (excluding diaryl/α,β-unsaturated/α-hetero) is 1. The van der Waals surface area contributed by atoms with Crippen LogP contribution in [0.4, 0.5) is 0 Å². The van der Waals surface area contributed by atoms with Crippen LogP contribution in [0.3, 0.4) is 0 Å². The molecular formula is C12H21NO. The SMILES string of the molecule is CCCN1CCC[C@@H]2CCC(=O)C[C@H]21. The van der Waals surface area contributed by atoms with Crippen LogP contribution in [0.15, 0.2) is 0 Å². The Kier molecular flexibility index (Phi) is 3.22. The van der Waals surface area contributed by atoms with E-state index < -0.39 is 0 Å². The molecule has 1 aliphatic carbocycles. The number of fused-ring (bicyclic) bond motifs is 1. The van der Waals surface area contributed by atoms with Crippen molar-refractivity contribution in [3.8, 4) is 0 Å². The van der Waals surface area contributed by atoms with E-state index >= 15 is 0 Å². The quantitative estimate of drug-likeness (QED) is 0.673. The van der Waals surface area contributed by atoms with Crippen molar-refractivity contribution in [2.75, 3.05) is 13.1 Å². The van der Waals surface area contributed by atoms with E-state index in [0.717, 1.165) is 25.2 Å². The molecule has 0 aromatic rings. The minimum absolute atomic E-state index is 0.495. The van der Waals surface area contributed by atoms with Gasteiger partial charge >= 0.3 is 0 Å². The number of nitrogens with zero attached hydrogens (tertiary/aromatic N) is 1. The van der Waals surface area contributed by atoms with Gasteiger partial charge in [0.05, 0.1) is 0 Å². The van der Waals surface area contributed by atoms with Gasteiger partial charge < -0.3 is 0 Å². The van der Waals surface area contributed by atoms with Gasteiger partial charge in [0.15, 0.2) is 0 Å². The van der Waals surface area contributed by atoms with Crippen molar-refractivity contribution in [2.24, 2.45) is 5.92 Å². The van der Waals surface area contributed by atoms with Crippen LogP contribution in [0, 0.1) is 5.92 Å². The van der Waals surface area contributed by atoms with E-state index in [1.54, 1.807) is 0 Å². The van der Waals surface area contributed by atoms with Gasteiger partial charge in [0.1, 0.15) is 5.78 Å². The molecule has 2 aliphatic rings. The number of rotatable bonds is 2. The lowest BCUT2D eigenvalue weighted by Crippen LogP contribution is -2.48. The van der Waals surface area contributed by atoms with E-state index in [2.05, 4.69) is 11.8 Å². The zero-order chi connectivity index (χ0) is 9.97. The third-order valence-corrected chi connectivity index (χ3v) is 3.78. The van der Waals surface area contributed by atoms with Gasteiger partial charge in [-0.25, -0.2) is 0 Å². The van der Waals surface area contributed by atoms with E-state index in [9.17, 15) is 4.79 Å². The molecule has 0 N–H and O–H groups in total. The summed E-state index contributed by atoms with van der Waals surface area (Å²) in [5.74, 6) is 1.32. The molecule has 1 saturated carbocycles. The highest BCUT2D eigenvalue weighted by atomic mass is 16.1. The second-order valence-electron chi connectivity index (χ2n) is 4.79. The Morgan fingerprint density at radius 1 is 1.43 bits per heavy atom. The normalized spacial score (nSPS) is 34.2. The summed E-state index contributed by atoms with van der Waals surface area (Å²) in [6, 6.07) is 0.602. The van der Waals surface area contributed by atoms with Crippen LogP contribution in [-0.2, 0) is 4.79 Å². The van der Waals surface area contributed by atoms with Crippen molar-refractivity contribution < 1.29 is 4.79 Å². The number of carbonyl (C=O) groups is 1. The number of piperidine rings is 1. The average molecular weight is 195 g/mol. The standard InChI is InChI=1S/C12H21NO/c1-2-7-13-8-3-4-10-5-6-11(14)9-12(10)13/h10,12H,2-9H2,1H3/t10-,12-/m1/s1. The van der Waals surface area contributed by atoms with Crippen molar-refractivity contribution >= 4 is 5.78 Å². The van der Waals surface area contributed by atoms with Crippen LogP contribution in [-0.4, -0.2) is 29.8 Å². The molecule has 1 saturated heterocycles. The first-order chi connectivity index (χ1) is 6.81. The third-order valence-electron chi connectivity index (χ3n) is 3.78. The lowest BCUT2D eigenvalue weighted by Gasteiger charge is -2.43. The Balaban J connectivity index is 2.00. The van der Waals surface area contributed by atoms with Crippen molar-refractivity contribution in [3.05, 3.63) is 0 Å². The molecule has 2 rings (SSSR count). The maximum absolute atomic E-state index is 11.4. The minimum atomic E-state index is 0.495.